The van der Waals surface area contributed by atoms with E-state index < -0.39 is 30.3 Å². The fourth-order valence-corrected chi connectivity index (χ4v) is 2.67. The van der Waals surface area contributed by atoms with E-state index in [4.69, 9.17) is 14.6 Å². The molecule has 0 saturated carbocycles. The van der Waals surface area contributed by atoms with Gasteiger partial charge in [0.25, 0.3) is 5.56 Å². The lowest BCUT2D eigenvalue weighted by Crippen LogP contribution is -2.32. The molecule has 2 heterocycles. The molecule has 0 fully saturated rings. The molecule has 0 saturated heterocycles. The number of rotatable bonds is 4. The van der Waals surface area contributed by atoms with Crippen LogP contribution in [0.5, 0.6) is 11.5 Å². The van der Waals surface area contributed by atoms with Crippen LogP contribution in [-0.4, -0.2) is 44.8 Å². The number of ether oxygens (including phenoxy) is 2. The zero-order valence-electron chi connectivity index (χ0n) is 13.3. The van der Waals surface area contributed by atoms with Crippen molar-refractivity contribution in [2.75, 3.05) is 13.7 Å². The minimum atomic E-state index is -1.51. The Hall–Kier alpha value is -2.97. The first-order chi connectivity index (χ1) is 12.0. The van der Waals surface area contributed by atoms with Gasteiger partial charge in [0.2, 0.25) is 6.23 Å². The minimum Gasteiger partial charge on any atom is -0.507 e. The van der Waals surface area contributed by atoms with Crippen molar-refractivity contribution in [3.05, 3.63) is 58.4 Å². The van der Waals surface area contributed by atoms with Crippen LogP contribution in [-0.2, 0) is 4.74 Å². The molecule has 2 atom stereocenters. The van der Waals surface area contributed by atoms with Crippen molar-refractivity contribution in [1.29, 1.82) is 0 Å². The zero-order chi connectivity index (χ0) is 18.1. The van der Waals surface area contributed by atoms with Crippen LogP contribution in [0.2, 0.25) is 0 Å². The lowest BCUT2D eigenvalue weighted by molar-refractivity contribution is -0.0163. The molecule has 1 aromatic heterocycles. The van der Waals surface area contributed by atoms with Crippen LogP contribution >= 0.6 is 0 Å². The van der Waals surface area contributed by atoms with Crippen LogP contribution in [0.1, 0.15) is 6.23 Å². The zero-order valence-corrected chi connectivity index (χ0v) is 13.3. The summed E-state index contributed by atoms with van der Waals surface area (Å²) in [5, 5.41) is 39.0. The van der Waals surface area contributed by atoms with E-state index in [-0.39, 0.29) is 17.1 Å². The molecule has 4 N–H and O–H groups in total. The normalized spacial score (nSPS) is 19.8. The van der Waals surface area contributed by atoms with Crippen LogP contribution < -0.4 is 10.3 Å². The van der Waals surface area contributed by atoms with Gasteiger partial charge in [0.05, 0.1) is 12.7 Å². The Balaban J connectivity index is 2.05. The molecular formula is C17H17NO7. The number of pyridine rings is 1. The molecule has 0 aliphatic carbocycles. The second-order valence-corrected chi connectivity index (χ2v) is 5.44. The van der Waals surface area contributed by atoms with Gasteiger partial charge in [0, 0.05) is 6.20 Å². The van der Waals surface area contributed by atoms with Crippen molar-refractivity contribution in [3.8, 4) is 22.6 Å². The smallest absolute Gasteiger partial charge is 0.265 e. The van der Waals surface area contributed by atoms with Gasteiger partial charge in [-0.25, -0.2) is 0 Å². The first kappa shape index (κ1) is 16.9. The third-order valence-corrected chi connectivity index (χ3v) is 3.99. The fraction of sp³-hybridized carbons (Fsp3) is 0.235. The Labute approximate surface area is 142 Å². The number of hydrogen-bond acceptors (Lipinski definition) is 7. The molecule has 1 unspecified atom stereocenters. The van der Waals surface area contributed by atoms with Crippen molar-refractivity contribution in [3.63, 3.8) is 0 Å². The summed E-state index contributed by atoms with van der Waals surface area (Å²) in [6.45, 7) is -0.614. The highest BCUT2D eigenvalue weighted by Gasteiger charge is 2.37. The van der Waals surface area contributed by atoms with Crippen molar-refractivity contribution in [1.82, 2.24) is 4.57 Å². The molecule has 0 radical (unpaired) electrons. The van der Waals surface area contributed by atoms with E-state index in [0.29, 0.717) is 11.3 Å². The monoisotopic (exact) mass is 347 g/mol. The van der Waals surface area contributed by atoms with E-state index in [9.17, 15) is 20.1 Å². The molecule has 8 heteroatoms. The lowest BCUT2D eigenvalue weighted by atomic mass is 10.1. The Kier molecular flexibility index (Phi) is 4.39. The van der Waals surface area contributed by atoms with E-state index in [1.165, 1.54) is 19.4 Å². The minimum absolute atomic E-state index is 0.0119. The molecular weight excluding hydrogens is 330 g/mol. The van der Waals surface area contributed by atoms with Gasteiger partial charge < -0.3 is 29.9 Å². The van der Waals surface area contributed by atoms with Crippen LogP contribution in [0.25, 0.3) is 11.1 Å². The van der Waals surface area contributed by atoms with Gasteiger partial charge in [0.1, 0.15) is 18.1 Å². The highest BCUT2D eigenvalue weighted by molar-refractivity contribution is 5.69. The molecule has 1 aliphatic rings. The second-order valence-electron chi connectivity index (χ2n) is 5.44. The van der Waals surface area contributed by atoms with Gasteiger partial charge >= 0.3 is 0 Å². The van der Waals surface area contributed by atoms with Crippen molar-refractivity contribution < 1.29 is 29.9 Å². The molecule has 132 valence electrons. The third kappa shape index (κ3) is 2.81. The number of nitrogens with zero attached hydrogens (tertiary/aromatic N) is 1. The maximum absolute atomic E-state index is 12.8. The average molecular weight is 347 g/mol. The van der Waals surface area contributed by atoms with Gasteiger partial charge in [-0.3, -0.25) is 9.36 Å². The van der Waals surface area contributed by atoms with Gasteiger partial charge in [-0.2, -0.15) is 0 Å². The number of hydrogen-bond donors (Lipinski definition) is 4. The van der Waals surface area contributed by atoms with Crippen LogP contribution in [0.4, 0.5) is 0 Å². The topological polar surface area (TPSA) is 121 Å². The molecule has 2 aromatic rings. The van der Waals surface area contributed by atoms with Gasteiger partial charge in [0.15, 0.2) is 17.6 Å². The average Bonchev–Trinajstić information content (AvgIpc) is 2.90. The van der Waals surface area contributed by atoms with Crippen molar-refractivity contribution in [2.45, 2.75) is 12.3 Å². The highest BCUT2D eigenvalue weighted by Crippen LogP contribution is 2.32. The second kappa shape index (κ2) is 6.50. The summed E-state index contributed by atoms with van der Waals surface area (Å²) < 4.78 is 11.4. The number of methoxy groups -OCH3 is 1. The maximum Gasteiger partial charge on any atom is 0.265 e. The first-order valence-electron chi connectivity index (χ1n) is 7.44. The Morgan fingerprint density at radius 1 is 1.20 bits per heavy atom. The van der Waals surface area contributed by atoms with Crippen LogP contribution in [0.15, 0.2) is 52.8 Å². The highest BCUT2D eigenvalue weighted by atomic mass is 16.5. The predicted molar refractivity (Wildman–Crippen MR) is 87.2 cm³/mol. The molecule has 1 aromatic carbocycles. The summed E-state index contributed by atoms with van der Waals surface area (Å²) >= 11 is 0. The van der Waals surface area contributed by atoms with E-state index in [0.717, 1.165) is 4.57 Å². The van der Waals surface area contributed by atoms with Crippen molar-refractivity contribution in [2.24, 2.45) is 0 Å². The van der Waals surface area contributed by atoms with Crippen molar-refractivity contribution >= 4 is 0 Å². The third-order valence-electron chi connectivity index (χ3n) is 3.99. The van der Waals surface area contributed by atoms with E-state index in [1.807, 2.05) is 0 Å². The molecule has 0 amide bonds. The molecule has 0 bridgehead atoms. The largest absolute Gasteiger partial charge is 0.507 e. The summed E-state index contributed by atoms with van der Waals surface area (Å²) in [7, 11) is 1.51. The summed E-state index contributed by atoms with van der Waals surface area (Å²) in [4.78, 5) is 12.8. The number of aromatic nitrogens is 1. The SMILES string of the molecule is COc1ccc(-c2c(O)ccn([C@@H]3OC(CO)=C(O)C3O)c2=O)cc1. The maximum atomic E-state index is 12.8. The van der Waals surface area contributed by atoms with Gasteiger partial charge in [-0.05, 0) is 23.8 Å². The van der Waals surface area contributed by atoms with E-state index >= 15 is 0 Å². The van der Waals surface area contributed by atoms with Crippen LogP contribution in [0.3, 0.4) is 0 Å². The van der Waals surface area contributed by atoms with E-state index in [2.05, 4.69) is 0 Å². The predicted octanol–water partition coefficient (Wildman–Crippen LogP) is 0.881. The number of aromatic hydroxyl groups is 1. The Bertz CT molecular complexity index is 870. The molecule has 1 aliphatic heterocycles. The summed E-state index contributed by atoms with van der Waals surface area (Å²) in [5.41, 5.74) is -0.163. The summed E-state index contributed by atoms with van der Waals surface area (Å²) in [5.74, 6) is -0.379. The quantitative estimate of drug-likeness (QED) is 0.648. The summed E-state index contributed by atoms with van der Waals surface area (Å²) in [6, 6.07) is 7.79. The van der Waals surface area contributed by atoms with E-state index in [1.54, 1.807) is 24.3 Å². The lowest BCUT2D eigenvalue weighted by Gasteiger charge is -2.19. The number of aliphatic hydroxyl groups excluding tert-OH is 3. The molecule has 0 spiro atoms. The Morgan fingerprint density at radius 3 is 2.44 bits per heavy atom. The molecule has 25 heavy (non-hydrogen) atoms. The fourth-order valence-electron chi connectivity index (χ4n) is 2.67. The first-order valence-corrected chi connectivity index (χ1v) is 7.44. The number of aliphatic hydroxyl groups is 3. The Morgan fingerprint density at radius 2 is 1.88 bits per heavy atom. The number of benzene rings is 1. The summed E-state index contributed by atoms with van der Waals surface area (Å²) in [6.07, 6.45) is -1.51. The van der Waals surface area contributed by atoms with Gasteiger partial charge in [-0.1, -0.05) is 12.1 Å². The van der Waals surface area contributed by atoms with Crippen LogP contribution in [0, 0.1) is 0 Å². The molecule has 3 rings (SSSR count). The molecule has 8 nitrogen and oxygen atoms in total. The standard InChI is InChI=1S/C17H17NO7/c1-24-10-4-2-9(3-5-10)13-11(20)6-7-18(16(13)23)17-15(22)14(21)12(8-19)25-17/h2-7,15,17,19-22H,8H2,1H3/t15?,17-/m1/s1. The van der Waals surface area contributed by atoms with Gasteiger partial charge in [-0.15, -0.1) is 0 Å².